The number of aryl methyl sites for hydroxylation is 2. The summed E-state index contributed by atoms with van der Waals surface area (Å²) in [5.41, 5.74) is 6.49. The maximum Gasteiger partial charge on any atom is 0.270 e. The molecule has 0 radical (unpaired) electrons. The van der Waals surface area contributed by atoms with E-state index < -0.39 is 29.7 Å². The van der Waals surface area contributed by atoms with E-state index in [1.807, 2.05) is 30.3 Å². The van der Waals surface area contributed by atoms with Crippen molar-refractivity contribution in [1.29, 1.82) is 0 Å². The molecule has 0 bridgehead atoms. The number of phenols is 1. The second-order valence-corrected chi connectivity index (χ2v) is 21.5. The lowest BCUT2D eigenvalue weighted by atomic mass is 9.53. The van der Waals surface area contributed by atoms with Crippen LogP contribution in [-0.2, 0) is 24.2 Å². The van der Waals surface area contributed by atoms with Crippen molar-refractivity contribution in [3.8, 4) is 11.5 Å². The van der Waals surface area contributed by atoms with Crippen molar-refractivity contribution < 1.29 is 54.9 Å². The average Bonchev–Trinajstić information content (AvgIpc) is 3.79. The molecule has 4 saturated carbocycles. The van der Waals surface area contributed by atoms with E-state index in [1.54, 1.807) is 6.07 Å². The van der Waals surface area contributed by atoms with Crippen LogP contribution in [0.1, 0.15) is 143 Å². The van der Waals surface area contributed by atoms with E-state index >= 15 is 0 Å². The summed E-state index contributed by atoms with van der Waals surface area (Å²) in [4.78, 5) is 11.3. The van der Waals surface area contributed by atoms with Gasteiger partial charge in [0.2, 0.25) is 0 Å². The van der Waals surface area contributed by atoms with E-state index in [-0.39, 0.29) is 28.6 Å². The predicted octanol–water partition coefficient (Wildman–Crippen LogP) is 17.2. The second-order valence-electron chi connectivity index (χ2n) is 20.7. The number of benzene rings is 3. The third kappa shape index (κ3) is 12.9. The van der Waals surface area contributed by atoms with E-state index in [1.165, 1.54) is 22.3 Å². The minimum Gasteiger partial charge on any atom is -0.508 e. The number of phenolic OH excluding ortho intramolecular Hbond substituents is 1. The van der Waals surface area contributed by atoms with Crippen molar-refractivity contribution in [2.24, 2.45) is 46.3 Å². The minimum absolute atomic E-state index is 0.00591. The normalized spacial score (nSPS) is 28.7. The quantitative estimate of drug-likeness (QED) is 0.114. The molecule has 13 heteroatoms. The van der Waals surface area contributed by atoms with Gasteiger partial charge in [0.25, 0.3) is 24.3 Å². The summed E-state index contributed by atoms with van der Waals surface area (Å²) in [6, 6.07) is 22.4. The molecule has 0 spiro atoms. The lowest BCUT2D eigenvalue weighted by molar-refractivity contribution is -0.110. The highest BCUT2D eigenvalue weighted by Gasteiger charge is 2.59. The number of aliphatic hydroxyl groups is 1. The van der Waals surface area contributed by atoms with Gasteiger partial charge in [-0.3, -0.25) is 4.79 Å². The first-order chi connectivity index (χ1) is 33.3. The number of carbonyl (C=O) groups excluding carboxylic acids is 1. The molecule has 3 aromatic carbocycles. The summed E-state index contributed by atoms with van der Waals surface area (Å²) in [5.74, 6) is 4.00. The fourth-order valence-corrected chi connectivity index (χ4v) is 14.6. The van der Waals surface area contributed by atoms with Gasteiger partial charge in [-0.25, -0.2) is 0 Å². The van der Waals surface area contributed by atoms with Crippen LogP contribution in [0.25, 0.3) is 0 Å². The molecule has 0 saturated heterocycles. The zero-order valence-corrected chi connectivity index (χ0v) is 41.8. The molecule has 10 atom stereocenters. The molecule has 382 valence electrons. The first-order valence-electron chi connectivity index (χ1n) is 24.8. The summed E-state index contributed by atoms with van der Waals surface area (Å²) in [6.45, 7) is 9.36. The Morgan fingerprint density at radius 2 is 1.17 bits per heavy atom. The Balaban J connectivity index is 0.000000202. The molecule has 0 amide bonds. The maximum atomic E-state index is 14.0. The first-order valence-corrected chi connectivity index (χ1v) is 25.6. The monoisotopic (exact) mass is 1050 g/mol. The van der Waals surface area contributed by atoms with Gasteiger partial charge in [0, 0.05) is 24.2 Å². The molecule has 0 unspecified atom stereocenters. The third-order valence-corrected chi connectivity index (χ3v) is 17.3. The molecule has 9 rings (SSSR count). The Morgan fingerprint density at radius 3 is 1.66 bits per heavy atom. The largest absolute Gasteiger partial charge is 0.508 e. The molecule has 4 fully saturated rings. The second kappa shape index (κ2) is 24.5. The minimum atomic E-state index is -1.83. The molecular weight excluding hydrogens is 981 g/mol. The number of ether oxygens (including phenoxy) is 1. The highest BCUT2D eigenvalue weighted by molar-refractivity contribution is 9.18. The van der Waals surface area contributed by atoms with Crippen LogP contribution in [0, 0.1) is 46.3 Å². The van der Waals surface area contributed by atoms with Crippen molar-refractivity contribution in [3.63, 3.8) is 0 Å². The van der Waals surface area contributed by atoms with Crippen molar-refractivity contribution in [3.05, 3.63) is 143 Å². The smallest absolute Gasteiger partial charge is 0.270 e. The number of fused-ring (bicyclic) bond motifs is 10. The molecule has 0 aliphatic heterocycles. The highest BCUT2D eigenvalue weighted by Crippen LogP contribution is 2.68. The van der Waals surface area contributed by atoms with E-state index in [9.17, 15) is 50.1 Å². The topological polar surface area (TPSA) is 66.8 Å². The summed E-state index contributed by atoms with van der Waals surface area (Å²) >= 11 is 2.99. The third-order valence-electron chi connectivity index (χ3n) is 16.9. The number of allylic oxidation sites excluding steroid dienone is 2. The Morgan fingerprint density at radius 1 is 0.686 bits per heavy atom. The molecule has 3 aromatic rings. The van der Waals surface area contributed by atoms with Gasteiger partial charge >= 0.3 is 0 Å². The van der Waals surface area contributed by atoms with Gasteiger partial charge in [0.05, 0.1) is 0 Å². The van der Waals surface area contributed by atoms with Gasteiger partial charge < -0.3 is 14.9 Å². The Kier molecular flexibility index (Phi) is 19.3. The molecular formula is C57H67BrF8O4. The fourth-order valence-electron chi connectivity index (χ4n) is 14.3. The van der Waals surface area contributed by atoms with Crippen LogP contribution in [-0.4, -0.2) is 21.5 Å². The SMILES string of the molecule is C=C(F)F.C=C(F)F.C[C@]12CC[C@@H]3c4ccc(O)cc4CC[C@H]3[C@@H]1[C@H](CCCC(=O)Br)CC2=C(F)F.C[C@]12CC[C@@H]3c4ccc(OCc5ccccc5)cc4CC[C@H]3[C@@H]1[C@H](CCCCO)CC2=C(F)F. The lowest BCUT2D eigenvalue weighted by Gasteiger charge is -2.51. The molecule has 6 aliphatic rings. The van der Waals surface area contributed by atoms with Crippen LogP contribution in [0.4, 0.5) is 35.1 Å². The summed E-state index contributed by atoms with van der Waals surface area (Å²) in [7, 11) is 0. The van der Waals surface area contributed by atoms with Crippen LogP contribution in [0.15, 0.2) is 115 Å². The number of rotatable bonds is 11. The van der Waals surface area contributed by atoms with Crippen LogP contribution >= 0.6 is 15.9 Å². The standard InChI is InChI=1S/C30H36F2O2.C23H27BrF2O2.2C2H2F2/c1-30-15-14-25-24-13-11-23(34-19-20-7-3-2-4-8-20)17-21(24)10-12-26(25)28(30)22(9-5-6-16-33)18-27(30)29(31)32;1-23-10-9-17-16-8-6-15(27)11-13(16)5-7-18(17)21(23)14(3-2-4-20(24)28)12-19(23)22(25)26;2*1-2(3)4/h2-4,7-8,11,13,17,22,25-26,28,33H,5-6,9-10,12,14-16,18-19H2,1H3;6,8,11,14,17-18,21,27H,2-5,7,9-10,12H2,1H3;2*1H2/t22-,25-,26-,28+,30-;14-,17-,18-,21+,23-;;/m11../s1. The molecule has 70 heavy (non-hydrogen) atoms. The summed E-state index contributed by atoms with van der Waals surface area (Å²) < 4.78 is 102. The predicted molar refractivity (Wildman–Crippen MR) is 262 cm³/mol. The van der Waals surface area contributed by atoms with Crippen LogP contribution in [0.2, 0.25) is 0 Å². The Labute approximate surface area is 416 Å². The zero-order chi connectivity index (χ0) is 50.9. The first kappa shape index (κ1) is 55.1. The van der Waals surface area contributed by atoms with Gasteiger partial charge in [-0.15, -0.1) is 0 Å². The molecule has 4 nitrogen and oxygen atoms in total. The van der Waals surface area contributed by atoms with Crippen molar-refractivity contribution >= 4 is 20.6 Å². The van der Waals surface area contributed by atoms with E-state index in [0.717, 1.165) is 94.8 Å². The summed E-state index contributed by atoms with van der Waals surface area (Å²) in [6.07, 6.45) is 6.62. The Bertz CT molecular complexity index is 2340. The molecule has 0 heterocycles. The summed E-state index contributed by atoms with van der Waals surface area (Å²) in [5, 5.41) is 19.1. The number of carbonyl (C=O) groups is 1. The van der Waals surface area contributed by atoms with Crippen LogP contribution in [0.3, 0.4) is 0 Å². The molecule has 6 aliphatic carbocycles. The zero-order valence-electron chi connectivity index (χ0n) is 40.2. The number of aliphatic hydroxyl groups excluding tert-OH is 1. The van der Waals surface area contributed by atoms with E-state index in [2.05, 4.69) is 73.3 Å². The van der Waals surface area contributed by atoms with Crippen molar-refractivity contribution in [1.82, 2.24) is 0 Å². The van der Waals surface area contributed by atoms with Gasteiger partial charge in [-0.1, -0.05) is 62.7 Å². The number of halogens is 9. The van der Waals surface area contributed by atoms with Crippen molar-refractivity contribution in [2.75, 3.05) is 6.61 Å². The van der Waals surface area contributed by atoms with Gasteiger partial charge in [0.1, 0.15) is 18.1 Å². The fraction of sp³-hybridized carbons (Fsp3) is 0.526. The maximum absolute atomic E-state index is 14.0. The van der Waals surface area contributed by atoms with E-state index in [0.29, 0.717) is 78.3 Å². The van der Waals surface area contributed by atoms with Crippen LogP contribution < -0.4 is 4.74 Å². The lowest BCUT2D eigenvalue weighted by Crippen LogP contribution is -2.42. The highest BCUT2D eigenvalue weighted by atomic mass is 79.9. The average molecular weight is 1050 g/mol. The number of unbranched alkanes of at least 4 members (excludes halogenated alkanes) is 1. The van der Waals surface area contributed by atoms with Gasteiger partial charge in [-0.05, 0) is 229 Å². The van der Waals surface area contributed by atoms with Gasteiger partial charge in [0.15, 0.2) is 4.69 Å². The van der Waals surface area contributed by atoms with Crippen LogP contribution in [0.5, 0.6) is 11.5 Å². The number of hydrogen-bond donors (Lipinski definition) is 2. The number of aromatic hydroxyl groups is 1. The van der Waals surface area contributed by atoms with Crippen molar-refractivity contribution in [2.45, 2.75) is 135 Å². The Hall–Kier alpha value is -4.23. The van der Waals surface area contributed by atoms with E-state index in [4.69, 9.17) is 4.74 Å². The molecule has 0 aromatic heterocycles. The number of hydrogen-bond acceptors (Lipinski definition) is 4. The molecule has 2 N–H and O–H groups in total. The van der Waals surface area contributed by atoms with Gasteiger partial charge in [-0.2, -0.15) is 35.1 Å².